The van der Waals surface area contributed by atoms with E-state index in [1.807, 2.05) is 36.1 Å². The van der Waals surface area contributed by atoms with E-state index < -0.39 is 9.84 Å². The number of nitrogens with two attached hydrogens (primary N) is 1. The zero-order chi connectivity index (χ0) is 15.5. The first kappa shape index (κ1) is 15.3. The molecule has 112 valence electrons. The summed E-state index contributed by atoms with van der Waals surface area (Å²) in [5.74, 6) is 0. The van der Waals surface area contributed by atoms with Gasteiger partial charge in [0.15, 0.2) is 9.84 Å². The predicted octanol–water partition coefficient (Wildman–Crippen LogP) is 2.09. The van der Waals surface area contributed by atoms with E-state index >= 15 is 0 Å². The smallest absolute Gasteiger partial charge is 0.177 e. The minimum absolute atomic E-state index is 0.166. The molecule has 0 saturated heterocycles. The van der Waals surface area contributed by atoms with Gasteiger partial charge in [0.05, 0.1) is 28.5 Å². The molecule has 0 atom stereocenters. The van der Waals surface area contributed by atoms with Crippen LogP contribution < -0.4 is 10.6 Å². The van der Waals surface area contributed by atoms with E-state index in [-0.39, 0.29) is 10.6 Å². The number of anilines is 2. The van der Waals surface area contributed by atoms with Crippen LogP contribution in [0.1, 0.15) is 12.6 Å². The van der Waals surface area contributed by atoms with Gasteiger partial charge in [-0.3, -0.25) is 4.98 Å². The summed E-state index contributed by atoms with van der Waals surface area (Å²) in [7, 11) is -3.34. The maximum Gasteiger partial charge on any atom is 0.177 e. The lowest BCUT2D eigenvalue weighted by Crippen LogP contribution is -2.24. The van der Waals surface area contributed by atoms with Gasteiger partial charge in [-0.1, -0.05) is 12.1 Å². The average molecular weight is 305 g/mol. The van der Waals surface area contributed by atoms with Gasteiger partial charge >= 0.3 is 0 Å². The van der Waals surface area contributed by atoms with Crippen LogP contribution in [0, 0.1) is 0 Å². The van der Waals surface area contributed by atoms with Crippen molar-refractivity contribution >= 4 is 21.2 Å². The van der Waals surface area contributed by atoms with Gasteiger partial charge < -0.3 is 10.6 Å². The third-order valence-corrected chi connectivity index (χ3v) is 4.40. The number of para-hydroxylation sites is 1. The Morgan fingerprint density at radius 1 is 1.19 bits per heavy atom. The minimum atomic E-state index is -3.34. The maximum absolute atomic E-state index is 11.8. The number of hydrogen-bond acceptors (Lipinski definition) is 5. The highest BCUT2D eigenvalue weighted by Gasteiger charge is 2.17. The van der Waals surface area contributed by atoms with Gasteiger partial charge in [-0.05, 0) is 31.2 Å². The summed E-state index contributed by atoms with van der Waals surface area (Å²) in [6, 6.07) is 10.8. The number of benzene rings is 1. The summed E-state index contributed by atoms with van der Waals surface area (Å²) in [6.45, 7) is 3.28. The van der Waals surface area contributed by atoms with E-state index in [9.17, 15) is 8.42 Å². The summed E-state index contributed by atoms with van der Waals surface area (Å²) < 4.78 is 23.5. The minimum Gasteiger partial charge on any atom is -0.396 e. The van der Waals surface area contributed by atoms with Crippen LogP contribution in [0.3, 0.4) is 0 Å². The average Bonchev–Trinajstić information content (AvgIpc) is 2.45. The molecule has 1 aromatic heterocycles. The highest BCUT2D eigenvalue weighted by Crippen LogP contribution is 2.30. The lowest BCUT2D eigenvalue weighted by molar-refractivity contribution is 0.602. The fraction of sp³-hybridized carbons (Fsp3) is 0.267. The lowest BCUT2D eigenvalue weighted by Gasteiger charge is -2.25. The van der Waals surface area contributed by atoms with Crippen molar-refractivity contribution in [3.05, 3.63) is 48.3 Å². The van der Waals surface area contributed by atoms with E-state index in [1.54, 1.807) is 12.3 Å². The van der Waals surface area contributed by atoms with Crippen molar-refractivity contribution in [3.8, 4) is 0 Å². The molecule has 0 spiro atoms. The molecule has 0 aliphatic heterocycles. The second-order valence-electron chi connectivity index (χ2n) is 4.80. The van der Waals surface area contributed by atoms with Gasteiger partial charge in [0, 0.05) is 19.0 Å². The van der Waals surface area contributed by atoms with Gasteiger partial charge in [-0.15, -0.1) is 0 Å². The molecule has 0 bridgehead atoms. The van der Waals surface area contributed by atoms with Crippen LogP contribution in [0.2, 0.25) is 0 Å². The monoisotopic (exact) mass is 305 g/mol. The van der Waals surface area contributed by atoms with Crippen LogP contribution in [0.15, 0.2) is 47.5 Å². The fourth-order valence-electron chi connectivity index (χ4n) is 2.19. The van der Waals surface area contributed by atoms with Crippen LogP contribution in [-0.4, -0.2) is 26.2 Å². The van der Waals surface area contributed by atoms with E-state index in [0.717, 1.165) is 11.9 Å². The molecule has 2 aromatic rings. The van der Waals surface area contributed by atoms with Gasteiger partial charge in [0.2, 0.25) is 0 Å². The van der Waals surface area contributed by atoms with Crippen LogP contribution in [0.5, 0.6) is 0 Å². The molecule has 0 aliphatic rings. The summed E-state index contributed by atoms with van der Waals surface area (Å²) in [5, 5.41) is 0. The molecule has 0 amide bonds. The number of aromatic nitrogens is 1. The molecule has 0 aliphatic carbocycles. The van der Waals surface area contributed by atoms with Crippen LogP contribution in [-0.2, 0) is 16.4 Å². The van der Waals surface area contributed by atoms with Gasteiger partial charge in [0.25, 0.3) is 0 Å². The molecule has 6 heteroatoms. The molecule has 2 rings (SSSR count). The Kier molecular flexibility index (Phi) is 4.47. The second kappa shape index (κ2) is 6.13. The Bertz CT molecular complexity index is 715. The van der Waals surface area contributed by atoms with E-state index in [1.165, 1.54) is 6.07 Å². The summed E-state index contributed by atoms with van der Waals surface area (Å²) in [4.78, 5) is 6.46. The normalized spacial score (nSPS) is 11.3. The number of sulfone groups is 1. The third-order valence-electron chi connectivity index (χ3n) is 3.24. The summed E-state index contributed by atoms with van der Waals surface area (Å²) in [6.07, 6.45) is 2.90. The molecule has 21 heavy (non-hydrogen) atoms. The second-order valence-corrected chi connectivity index (χ2v) is 6.78. The molecule has 1 heterocycles. The topological polar surface area (TPSA) is 76.3 Å². The standard InChI is InChI=1S/C15H19N3O2S/c1-3-18(11-12-7-4-5-10-17-12)13-8-6-9-14(15(13)16)21(2,19)20/h4-10H,3,11,16H2,1-2H3. The Morgan fingerprint density at radius 2 is 1.95 bits per heavy atom. The summed E-state index contributed by atoms with van der Waals surface area (Å²) in [5.41, 5.74) is 7.97. The number of nitrogens with zero attached hydrogens (tertiary/aromatic N) is 2. The molecular formula is C15H19N3O2S. The van der Waals surface area contributed by atoms with Crippen molar-refractivity contribution in [2.45, 2.75) is 18.4 Å². The first-order valence-corrected chi connectivity index (χ1v) is 8.56. The Hall–Kier alpha value is -2.08. The Balaban J connectivity index is 2.39. The Labute approximate surface area is 125 Å². The molecule has 1 aromatic carbocycles. The lowest BCUT2D eigenvalue weighted by atomic mass is 10.2. The quantitative estimate of drug-likeness (QED) is 0.856. The third kappa shape index (κ3) is 3.52. The molecular weight excluding hydrogens is 286 g/mol. The molecule has 0 radical (unpaired) electrons. The number of rotatable bonds is 5. The molecule has 0 unspecified atom stereocenters. The fourth-order valence-corrected chi connectivity index (χ4v) is 3.02. The molecule has 2 N–H and O–H groups in total. The highest BCUT2D eigenvalue weighted by molar-refractivity contribution is 7.90. The predicted molar refractivity (Wildman–Crippen MR) is 84.9 cm³/mol. The van der Waals surface area contributed by atoms with E-state index in [2.05, 4.69) is 4.98 Å². The first-order valence-electron chi connectivity index (χ1n) is 6.67. The van der Waals surface area contributed by atoms with Crippen LogP contribution in [0.25, 0.3) is 0 Å². The van der Waals surface area contributed by atoms with Crippen molar-refractivity contribution < 1.29 is 8.42 Å². The van der Waals surface area contributed by atoms with E-state index in [4.69, 9.17) is 5.73 Å². The molecule has 5 nitrogen and oxygen atoms in total. The zero-order valence-electron chi connectivity index (χ0n) is 12.2. The van der Waals surface area contributed by atoms with Gasteiger partial charge in [-0.25, -0.2) is 8.42 Å². The number of nitrogen functional groups attached to an aromatic ring is 1. The Morgan fingerprint density at radius 3 is 2.52 bits per heavy atom. The number of pyridine rings is 1. The van der Waals surface area contributed by atoms with Crippen molar-refractivity contribution in [3.63, 3.8) is 0 Å². The SMILES string of the molecule is CCN(Cc1ccccn1)c1cccc(S(C)(=O)=O)c1N. The maximum atomic E-state index is 11.8. The van der Waals surface area contributed by atoms with Gasteiger partial charge in [-0.2, -0.15) is 0 Å². The molecule has 0 saturated carbocycles. The number of hydrogen-bond donors (Lipinski definition) is 1. The largest absolute Gasteiger partial charge is 0.396 e. The van der Waals surface area contributed by atoms with Gasteiger partial charge in [0.1, 0.15) is 0 Å². The van der Waals surface area contributed by atoms with E-state index in [0.29, 0.717) is 18.8 Å². The van der Waals surface area contributed by atoms with Crippen LogP contribution >= 0.6 is 0 Å². The zero-order valence-corrected chi connectivity index (χ0v) is 13.0. The van der Waals surface area contributed by atoms with Crippen molar-refractivity contribution in [2.75, 3.05) is 23.4 Å². The van der Waals surface area contributed by atoms with Crippen molar-refractivity contribution in [1.29, 1.82) is 0 Å². The van der Waals surface area contributed by atoms with Crippen LogP contribution in [0.4, 0.5) is 11.4 Å². The van der Waals surface area contributed by atoms with Crippen molar-refractivity contribution in [1.82, 2.24) is 4.98 Å². The summed E-state index contributed by atoms with van der Waals surface area (Å²) >= 11 is 0. The molecule has 0 fully saturated rings. The van der Waals surface area contributed by atoms with Crippen molar-refractivity contribution in [2.24, 2.45) is 0 Å². The highest BCUT2D eigenvalue weighted by atomic mass is 32.2. The first-order chi connectivity index (χ1) is 9.93.